The maximum absolute atomic E-state index is 13.6. The Labute approximate surface area is 99.5 Å². The molecule has 0 saturated carbocycles. The molecule has 0 saturated heterocycles. The predicted octanol–water partition coefficient (Wildman–Crippen LogP) is 1.02. The summed E-state index contributed by atoms with van der Waals surface area (Å²) in [5.41, 5.74) is -1.77. The number of rotatable bonds is 1. The van der Waals surface area contributed by atoms with Crippen molar-refractivity contribution in [2.45, 2.75) is 6.92 Å². The Balaban J connectivity index is 2.78. The summed E-state index contributed by atoms with van der Waals surface area (Å²) >= 11 is 5.58. The van der Waals surface area contributed by atoms with Gasteiger partial charge >= 0.3 is 11.4 Å². The van der Waals surface area contributed by atoms with Gasteiger partial charge < -0.3 is 0 Å². The molecule has 0 spiro atoms. The smallest absolute Gasteiger partial charge is 0.295 e. The van der Waals surface area contributed by atoms with Crippen LogP contribution in [0.25, 0.3) is 5.69 Å². The maximum Gasteiger partial charge on any atom is 0.358 e. The molecular formula is C10H7ClFN3O2. The lowest BCUT2D eigenvalue weighted by atomic mass is 10.3. The van der Waals surface area contributed by atoms with Gasteiger partial charge in [0.25, 0.3) is 0 Å². The Kier molecular flexibility index (Phi) is 2.81. The lowest BCUT2D eigenvalue weighted by Gasteiger charge is -2.05. The zero-order chi connectivity index (χ0) is 12.6. The molecule has 0 amide bonds. The van der Waals surface area contributed by atoms with Gasteiger partial charge in [-0.1, -0.05) is 11.6 Å². The first-order valence-electron chi connectivity index (χ1n) is 4.64. The van der Waals surface area contributed by atoms with Gasteiger partial charge in [0.1, 0.15) is 11.6 Å². The minimum atomic E-state index is -0.840. The second-order valence-corrected chi connectivity index (χ2v) is 3.78. The van der Waals surface area contributed by atoms with Gasteiger partial charge in [-0.15, -0.1) is 0 Å². The molecule has 0 atom stereocenters. The highest BCUT2D eigenvalue weighted by molar-refractivity contribution is 6.30. The van der Waals surface area contributed by atoms with Gasteiger partial charge in [-0.3, -0.25) is 4.98 Å². The van der Waals surface area contributed by atoms with Crippen molar-refractivity contribution in [3.05, 3.63) is 55.8 Å². The van der Waals surface area contributed by atoms with Crippen LogP contribution in [-0.2, 0) is 0 Å². The van der Waals surface area contributed by atoms with Crippen LogP contribution in [0.1, 0.15) is 5.82 Å². The summed E-state index contributed by atoms with van der Waals surface area (Å²) in [5.74, 6) is -0.596. The summed E-state index contributed by atoms with van der Waals surface area (Å²) in [5, 5.41) is 0.177. The minimum Gasteiger partial charge on any atom is -0.295 e. The minimum absolute atomic E-state index is 0.172. The third-order valence-electron chi connectivity index (χ3n) is 2.10. The number of hydrogen-bond acceptors (Lipinski definition) is 3. The van der Waals surface area contributed by atoms with Crippen LogP contribution in [0.5, 0.6) is 0 Å². The molecule has 0 aliphatic heterocycles. The Morgan fingerprint density at radius 3 is 2.71 bits per heavy atom. The SMILES string of the molecule is Cc1nc(=O)n(-c2ccc(Cl)cc2F)c(=O)[nH]1. The largest absolute Gasteiger partial charge is 0.358 e. The second-order valence-electron chi connectivity index (χ2n) is 3.34. The van der Waals surface area contributed by atoms with Gasteiger partial charge in [0.2, 0.25) is 0 Å². The van der Waals surface area contributed by atoms with E-state index in [1.807, 2.05) is 0 Å². The van der Waals surface area contributed by atoms with E-state index in [4.69, 9.17) is 11.6 Å². The van der Waals surface area contributed by atoms with Crippen molar-refractivity contribution in [1.82, 2.24) is 14.5 Å². The highest BCUT2D eigenvalue weighted by atomic mass is 35.5. The summed E-state index contributed by atoms with van der Waals surface area (Å²) < 4.78 is 14.2. The van der Waals surface area contributed by atoms with E-state index in [1.54, 1.807) is 0 Å². The number of halogens is 2. The topological polar surface area (TPSA) is 67.8 Å². The third-order valence-corrected chi connectivity index (χ3v) is 2.33. The molecule has 1 heterocycles. The molecular weight excluding hydrogens is 249 g/mol. The molecule has 0 fully saturated rings. The van der Waals surface area contributed by atoms with Gasteiger partial charge in [0.15, 0.2) is 0 Å². The van der Waals surface area contributed by atoms with E-state index >= 15 is 0 Å². The summed E-state index contributed by atoms with van der Waals surface area (Å²) in [6, 6.07) is 3.64. The van der Waals surface area contributed by atoms with Crippen LogP contribution < -0.4 is 11.4 Å². The first-order valence-corrected chi connectivity index (χ1v) is 5.02. The molecule has 0 bridgehead atoms. The van der Waals surface area contributed by atoms with Crippen LogP contribution in [0.2, 0.25) is 5.02 Å². The maximum atomic E-state index is 13.6. The molecule has 0 aliphatic rings. The van der Waals surface area contributed by atoms with E-state index in [-0.39, 0.29) is 16.5 Å². The summed E-state index contributed by atoms with van der Waals surface area (Å²) in [6.45, 7) is 1.46. The lowest BCUT2D eigenvalue weighted by Crippen LogP contribution is -2.36. The van der Waals surface area contributed by atoms with E-state index < -0.39 is 17.2 Å². The molecule has 0 radical (unpaired) electrons. The van der Waals surface area contributed by atoms with Gasteiger partial charge in [0.05, 0.1) is 5.69 Å². The molecule has 5 nitrogen and oxygen atoms in total. The number of benzene rings is 1. The predicted molar refractivity (Wildman–Crippen MR) is 60.2 cm³/mol. The zero-order valence-corrected chi connectivity index (χ0v) is 9.45. The molecule has 88 valence electrons. The fourth-order valence-corrected chi connectivity index (χ4v) is 1.55. The number of nitrogens with zero attached hydrogens (tertiary/aromatic N) is 2. The number of H-pyrrole nitrogens is 1. The lowest BCUT2D eigenvalue weighted by molar-refractivity contribution is 0.608. The van der Waals surface area contributed by atoms with Crippen molar-refractivity contribution in [2.24, 2.45) is 0 Å². The average molecular weight is 256 g/mol. The molecule has 1 aromatic heterocycles. The van der Waals surface area contributed by atoms with Gasteiger partial charge in [-0.05, 0) is 25.1 Å². The fraction of sp³-hybridized carbons (Fsp3) is 0.100. The molecule has 0 unspecified atom stereocenters. The number of nitrogens with one attached hydrogen (secondary N) is 1. The molecule has 1 N–H and O–H groups in total. The molecule has 2 rings (SSSR count). The van der Waals surface area contributed by atoms with E-state index in [0.29, 0.717) is 4.57 Å². The zero-order valence-electron chi connectivity index (χ0n) is 8.70. The second kappa shape index (κ2) is 4.14. The first-order chi connectivity index (χ1) is 7.99. The average Bonchev–Trinajstić information content (AvgIpc) is 2.19. The summed E-state index contributed by atoms with van der Waals surface area (Å²) in [6.07, 6.45) is 0. The summed E-state index contributed by atoms with van der Waals surface area (Å²) in [4.78, 5) is 28.9. The van der Waals surface area contributed by atoms with E-state index in [0.717, 1.165) is 6.07 Å². The highest BCUT2D eigenvalue weighted by Crippen LogP contribution is 2.15. The van der Waals surface area contributed by atoms with E-state index in [1.165, 1.54) is 19.1 Å². The molecule has 1 aromatic carbocycles. The first kappa shape index (κ1) is 11.5. The van der Waals surface area contributed by atoms with Crippen LogP contribution >= 0.6 is 11.6 Å². The molecule has 2 aromatic rings. The van der Waals surface area contributed by atoms with Gasteiger partial charge in [0, 0.05) is 5.02 Å². The van der Waals surface area contributed by atoms with E-state index in [2.05, 4.69) is 9.97 Å². The van der Waals surface area contributed by atoms with Crippen molar-refractivity contribution in [3.8, 4) is 5.69 Å². The fourth-order valence-electron chi connectivity index (χ4n) is 1.39. The van der Waals surface area contributed by atoms with E-state index in [9.17, 15) is 14.0 Å². The Morgan fingerprint density at radius 2 is 2.12 bits per heavy atom. The van der Waals surface area contributed by atoms with Crippen molar-refractivity contribution in [3.63, 3.8) is 0 Å². The third kappa shape index (κ3) is 2.12. The quantitative estimate of drug-likeness (QED) is 0.827. The van der Waals surface area contributed by atoms with Crippen molar-refractivity contribution in [2.75, 3.05) is 0 Å². The standard InChI is InChI=1S/C10H7ClFN3O2/c1-5-13-9(16)15(10(17)14-5)8-3-2-6(11)4-7(8)12/h2-4H,1H3,(H,13,14,16,17). The molecule has 17 heavy (non-hydrogen) atoms. The van der Waals surface area contributed by atoms with Crippen molar-refractivity contribution in [1.29, 1.82) is 0 Å². The number of aromatic nitrogens is 3. The molecule has 7 heteroatoms. The normalized spacial score (nSPS) is 10.5. The van der Waals surface area contributed by atoms with Crippen LogP contribution in [0.4, 0.5) is 4.39 Å². The van der Waals surface area contributed by atoms with Crippen LogP contribution in [-0.4, -0.2) is 14.5 Å². The van der Waals surface area contributed by atoms with Crippen molar-refractivity contribution < 1.29 is 4.39 Å². The molecule has 0 aliphatic carbocycles. The Bertz CT molecular complexity index is 661. The number of aryl methyl sites for hydroxylation is 1. The van der Waals surface area contributed by atoms with Crippen LogP contribution in [0.15, 0.2) is 27.8 Å². The highest BCUT2D eigenvalue weighted by Gasteiger charge is 2.11. The Morgan fingerprint density at radius 1 is 1.41 bits per heavy atom. The van der Waals surface area contributed by atoms with Gasteiger partial charge in [-0.25, -0.2) is 18.5 Å². The summed E-state index contributed by atoms with van der Waals surface area (Å²) in [7, 11) is 0. The Hall–Kier alpha value is -1.95. The number of aromatic amines is 1. The van der Waals surface area contributed by atoms with Crippen LogP contribution in [0.3, 0.4) is 0 Å². The van der Waals surface area contributed by atoms with Crippen LogP contribution in [0, 0.1) is 12.7 Å². The van der Waals surface area contributed by atoms with Gasteiger partial charge in [-0.2, -0.15) is 4.98 Å². The van der Waals surface area contributed by atoms with Crippen molar-refractivity contribution >= 4 is 11.6 Å². The monoisotopic (exact) mass is 255 g/mol. The number of hydrogen-bond donors (Lipinski definition) is 1.